The molecule has 0 spiro atoms. The molecule has 0 saturated heterocycles. The maximum Gasteiger partial charge on any atom is 0.229 e. The number of phenols is 1. The van der Waals surface area contributed by atoms with Gasteiger partial charge in [-0.1, -0.05) is 29.8 Å². The molecule has 2 N–H and O–H groups in total. The predicted octanol–water partition coefficient (Wildman–Crippen LogP) is 4.57. The summed E-state index contributed by atoms with van der Waals surface area (Å²) in [7, 11) is -1.98. The summed E-state index contributed by atoms with van der Waals surface area (Å²) in [5, 5.41) is 10.8. The number of fused-ring (bicyclic) bond motifs is 3. The number of benzene rings is 3. The lowest BCUT2D eigenvalue weighted by Crippen LogP contribution is -2.17. The Bertz CT molecular complexity index is 1210. The second-order valence-corrected chi connectivity index (χ2v) is 8.91. The Kier molecular flexibility index (Phi) is 4.80. The molecule has 0 radical (unpaired) electrons. The first-order chi connectivity index (χ1) is 13.8. The number of methoxy groups -OCH3 is 1. The van der Waals surface area contributed by atoms with Gasteiger partial charge in [0.15, 0.2) is 11.5 Å². The third-order valence-electron chi connectivity index (χ3n) is 4.61. The SMILES string of the molecule is COc1c(O)ccc2c1-c1ccc(NS(C)(=O)=O)cc1C(c1cccc(Cl)c1)O2. The van der Waals surface area contributed by atoms with Crippen LogP contribution in [0, 0.1) is 0 Å². The van der Waals surface area contributed by atoms with Gasteiger partial charge in [-0.2, -0.15) is 0 Å². The molecule has 3 aromatic rings. The molecule has 6 nitrogen and oxygen atoms in total. The van der Waals surface area contributed by atoms with Gasteiger partial charge < -0.3 is 14.6 Å². The predicted molar refractivity (Wildman–Crippen MR) is 112 cm³/mol. The molecule has 1 unspecified atom stereocenters. The van der Waals surface area contributed by atoms with Crippen LogP contribution in [-0.2, 0) is 10.0 Å². The molecule has 0 aliphatic carbocycles. The smallest absolute Gasteiger partial charge is 0.229 e. The van der Waals surface area contributed by atoms with Crippen LogP contribution in [0.15, 0.2) is 54.6 Å². The number of aromatic hydroxyl groups is 1. The van der Waals surface area contributed by atoms with E-state index in [-0.39, 0.29) is 11.5 Å². The zero-order valence-corrected chi connectivity index (χ0v) is 17.2. The number of anilines is 1. The van der Waals surface area contributed by atoms with Crippen LogP contribution >= 0.6 is 11.6 Å². The van der Waals surface area contributed by atoms with E-state index in [4.69, 9.17) is 21.1 Å². The Balaban J connectivity index is 1.96. The third-order valence-corrected chi connectivity index (χ3v) is 5.45. The molecule has 0 amide bonds. The van der Waals surface area contributed by atoms with Gasteiger partial charge in [-0.25, -0.2) is 8.42 Å². The van der Waals surface area contributed by atoms with Crippen molar-refractivity contribution in [1.29, 1.82) is 0 Å². The Labute approximate surface area is 173 Å². The van der Waals surface area contributed by atoms with Gasteiger partial charge >= 0.3 is 0 Å². The molecule has 8 heteroatoms. The monoisotopic (exact) mass is 431 g/mol. The lowest BCUT2D eigenvalue weighted by atomic mass is 9.88. The van der Waals surface area contributed by atoms with Gasteiger partial charge in [0.05, 0.1) is 18.9 Å². The zero-order valence-electron chi connectivity index (χ0n) is 15.6. The lowest BCUT2D eigenvalue weighted by molar-refractivity contribution is 0.241. The number of rotatable bonds is 4. The summed E-state index contributed by atoms with van der Waals surface area (Å²) >= 11 is 6.18. The van der Waals surface area contributed by atoms with E-state index in [0.29, 0.717) is 22.0 Å². The molecule has 29 heavy (non-hydrogen) atoms. The van der Waals surface area contributed by atoms with Gasteiger partial charge in [-0.05, 0) is 47.5 Å². The fraction of sp³-hybridized carbons (Fsp3) is 0.143. The van der Waals surface area contributed by atoms with Gasteiger partial charge in [0.2, 0.25) is 10.0 Å². The second kappa shape index (κ2) is 7.17. The number of ether oxygens (including phenoxy) is 2. The Morgan fingerprint density at radius 3 is 2.62 bits per heavy atom. The molecule has 150 valence electrons. The molecule has 0 fully saturated rings. The number of phenolic OH excluding ortho intramolecular Hbond substituents is 1. The molecule has 0 saturated carbocycles. The summed E-state index contributed by atoms with van der Waals surface area (Å²) in [5.74, 6) is 0.818. The van der Waals surface area contributed by atoms with E-state index < -0.39 is 16.1 Å². The van der Waals surface area contributed by atoms with Gasteiger partial charge in [0.25, 0.3) is 0 Å². The van der Waals surface area contributed by atoms with Crippen LogP contribution in [0.5, 0.6) is 17.2 Å². The van der Waals surface area contributed by atoms with Crippen molar-refractivity contribution in [3.63, 3.8) is 0 Å². The minimum Gasteiger partial charge on any atom is -0.504 e. The van der Waals surface area contributed by atoms with Crippen LogP contribution in [0.25, 0.3) is 11.1 Å². The van der Waals surface area contributed by atoms with Crippen molar-refractivity contribution >= 4 is 27.3 Å². The average Bonchev–Trinajstić information content (AvgIpc) is 2.66. The highest BCUT2D eigenvalue weighted by Gasteiger charge is 2.31. The van der Waals surface area contributed by atoms with Crippen LogP contribution in [0.1, 0.15) is 17.2 Å². The topological polar surface area (TPSA) is 84.9 Å². The molecule has 0 bridgehead atoms. The fourth-order valence-electron chi connectivity index (χ4n) is 3.51. The van der Waals surface area contributed by atoms with Crippen LogP contribution in [0.3, 0.4) is 0 Å². The highest BCUT2D eigenvalue weighted by molar-refractivity contribution is 7.92. The largest absolute Gasteiger partial charge is 0.504 e. The first kappa shape index (κ1) is 19.4. The van der Waals surface area contributed by atoms with Crippen LogP contribution in [0.2, 0.25) is 5.02 Å². The molecule has 4 rings (SSSR count). The van der Waals surface area contributed by atoms with Crippen LogP contribution < -0.4 is 14.2 Å². The minimum absolute atomic E-state index is 0.0136. The maximum absolute atomic E-state index is 11.7. The summed E-state index contributed by atoms with van der Waals surface area (Å²) in [6, 6.07) is 15.6. The van der Waals surface area contributed by atoms with Crippen molar-refractivity contribution in [3.8, 4) is 28.4 Å². The molecule has 0 aromatic heterocycles. The quantitative estimate of drug-likeness (QED) is 0.631. The molecule has 1 atom stereocenters. The van der Waals surface area contributed by atoms with Gasteiger partial charge in [0.1, 0.15) is 11.9 Å². The molecule has 1 heterocycles. The molecular formula is C21H18ClNO5S. The molecule has 3 aromatic carbocycles. The van der Waals surface area contributed by atoms with Crippen molar-refractivity contribution in [2.75, 3.05) is 18.1 Å². The number of sulfonamides is 1. The number of nitrogens with one attached hydrogen (secondary N) is 1. The molecule has 1 aliphatic rings. The van der Waals surface area contributed by atoms with Crippen molar-refractivity contribution < 1.29 is 23.0 Å². The van der Waals surface area contributed by atoms with Gasteiger partial charge in [0, 0.05) is 16.3 Å². The first-order valence-corrected chi connectivity index (χ1v) is 11.0. The van der Waals surface area contributed by atoms with Gasteiger partial charge in [-0.3, -0.25) is 4.72 Å². The number of hydrogen-bond acceptors (Lipinski definition) is 5. The normalized spacial score (nSPS) is 15.1. The number of halogens is 1. The summed E-state index contributed by atoms with van der Waals surface area (Å²) in [6.45, 7) is 0. The highest BCUT2D eigenvalue weighted by atomic mass is 35.5. The maximum atomic E-state index is 11.7. The Morgan fingerprint density at radius 2 is 1.93 bits per heavy atom. The van der Waals surface area contributed by atoms with E-state index in [1.165, 1.54) is 13.2 Å². The van der Waals surface area contributed by atoms with Crippen molar-refractivity contribution in [2.45, 2.75) is 6.10 Å². The van der Waals surface area contributed by atoms with Crippen LogP contribution in [0.4, 0.5) is 5.69 Å². The summed E-state index contributed by atoms with van der Waals surface area (Å²) in [5.41, 5.74) is 3.31. The fourth-order valence-corrected chi connectivity index (χ4v) is 4.26. The van der Waals surface area contributed by atoms with E-state index >= 15 is 0 Å². The van der Waals surface area contributed by atoms with E-state index in [2.05, 4.69) is 4.72 Å². The van der Waals surface area contributed by atoms with Crippen LogP contribution in [-0.4, -0.2) is 26.9 Å². The lowest BCUT2D eigenvalue weighted by Gasteiger charge is -2.31. The van der Waals surface area contributed by atoms with E-state index in [1.807, 2.05) is 12.1 Å². The Hall–Kier alpha value is -2.90. The average molecular weight is 432 g/mol. The summed E-state index contributed by atoms with van der Waals surface area (Å²) in [4.78, 5) is 0. The zero-order chi connectivity index (χ0) is 20.8. The van der Waals surface area contributed by atoms with Crippen molar-refractivity contribution in [3.05, 3.63) is 70.7 Å². The van der Waals surface area contributed by atoms with Gasteiger partial charge in [-0.15, -0.1) is 0 Å². The molecule has 1 aliphatic heterocycles. The second-order valence-electron chi connectivity index (χ2n) is 6.72. The van der Waals surface area contributed by atoms with Crippen molar-refractivity contribution in [2.24, 2.45) is 0 Å². The molecular weight excluding hydrogens is 414 g/mol. The van der Waals surface area contributed by atoms with E-state index in [0.717, 1.165) is 22.9 Å². The highest BCUT2D eigenvalue weighted by Crippen LogP contribution is 2.52. The van der Waals surface area contributed by atoms with Crippen molar-refractivity contribution in [1.82, 2.24) is 0 Å². The number of hydrogen-bond donors (Lipinski definition) is 2. The Morgan fingerprint density at radius 1 is 1.14 bits per heavy atom. The van der Waals surface area contributed by atoms with E-state index in [9.17, 15) is 13.5 Å². The van der Waals surface area contributed by atoms with E-state index in [1.54, 1.807) is 36.4 Å². The third kappa shape index (κ3) is 3.71. The summed E-state index contributed by atoms with van der Waals surface area (Å²) in [6.07, 6.45) is 0.570. The summed E-state index contributed by atoms with van der Waals surface area (Å²) < 4.78 is 37.5. The minimum atomic E-state index is -3.45. The standard InChI is InChI=1S/C21H18ClNO5S/c1-27-21-17(24)8-9-18-19(21)15-7-6-14(23-29(2,25)26)11-16(15)20(28-18)12-4-3-5-13(22)10-12/h3-11,20,23-24H,1-2H3. The first-order valence-electron chi connectivity index (χ1n) is 8.71.